The molecular weight excluding hydrogens is 316 g/mol. The molecule has 25 heavy (non-hydrogen) atoms. The number of nitrogens with zero attached hydrogens (tertiary/aromatic N) is 1. The maximum atomic E-state index is 12.5. The number of hydrogen-bond donors (Lipinski definition) is 2. The Bertz CT molecular complexity index is 559. The van der Waals surface area contributed by atoms with Crippen LogP contribution in [0, 0.1) is 11.8 Å². The van der Waals surface area contributed by atoms with Crippen molar-refractivity contribution in [3.05, 3.63) is 35.9 Å². The molecule has 1 aromatic carbocycles. The fourth-order valence-electron chi connectivity index (χ4n) is 3.38. The summed E-state index contributed by atoms with van der Waals surface area (Å²) in [5.74, 6) is 0.219. The summed E-state index contributed by atoms with van der Waals surface area (Å²) in [4.78, 5) is 26.7. The summed E-state index contributed by atoms with van der Waals surface area (Å²) in [7, 11) is 0. The van der Waals surface area contributed by atoms with E-state index in [0.29, 0.717) is 25.9 Å². The molecule has 1 saturated heterocycles. The highest BCUT2D eigenvalue weighted by atomic mass is 16.3. The van der Waals surface area contributed by atoms with E-state index < -0.39 is 0 Å². The van der Waals surface area contributed by atoms with Gasteiger partial charge in [-0.05, 0) is 37.7 Å². The van der Waals surface area contributed by atoms with Gasteiger partial charge >= 0.3 is 0 Å². The lowest BCUT2D eigenvalue weighted by molar-refractivity contribution is -0.135. The molecule has 0 aromatic heterocycles. The molecule has 2 amide bonds. The van der Waals surface area contributed by atoms with E-state index in [0.717, 1.165) is 24.9 Å². The number of aliphatic hydroxyl groups excluding tert-OH is 1. The number of benzene rings is 1. The molecule has 1 heterocycles. The average Bonchev–Trinajstić information content (AvgIpc) is 2.60. The van der Waals surface area contributed by atoms with Crippen LogP contribution in [0.5, 0.6) is 0 Å². The van der Waals surface area contributed by atoms with E-state index in [1.165, 1.54) is 0 Å². The minimum absolute atomic E-state index is 0.0228. The van der Waals surface area contributed by atoms with Gasteiger partial charge in [-0.3, -0.25) is 9.59 Å². The van der Waals surface area contributed by atoms with Crippen molar-refractivity contribution in [2.75, 3.05) is 19.6 Å². The van der Waals surface area contributed by atoms with Crippen LogP contribution in [0.25, 0.3) is 0 Å². The van der Waals surface area contributed by atoms with Crippen LogP contribution in [0.3, 0.4) is 0 Å². The summed E-state index contributed by atoms with van der Waals surface area (Å²) >= 11 is 0. The van der Waals surface area contributed by atoms with Crippen molar-refractivity contribution >= 4 is 11.8 Å². The van der Waals surface area contributed by atoms with E-state index in [1.54, 1.807) is 6.92 Å². The zero-order chi connectivity index (χ0) is 18.2. The number of likely N-dealkylation sites (tertiary alicyclic amines) is 1. The first kappa shape index (κ1) is 19.4. The smallest absolute Gasteiger partial charge is 0.227 e. The summed E-state index contributed by atoms with van der Waals surface area (Å²) < 4.78 is 0. The Morgan fingerprint density at radius 1 is 1.28 bits per heavy atom. The molecule has 1 aliphatic rings. The molecule has 1 fully saturated rings. The number of aliphatic hydroxyl groups is 1. The molecule has 0 radical (unpaired) electrons. The molecule has 0 saturated carbocycles. The fourth-order valence-corrected chi connectivity index (χ4v) is 3.38. The van der Waals surface area contributed by atoms with Crippen LogP contribution >= 0.6 is 0 Å². The van der Waals surface area contributed by atoms with E-state index >= 15 is 0 Å². The highest BCUT2D eigenvalue weighted by Gasteiger charge is 2.28. The third-order valence-electron chi connectivity index (χ3n) is 4.71. The van der Waals surface area contributed by atoms with E-state index in [4.69, 9.17) is 0 Å². The van der Waals surface area contributed by atoms with Crippen molar-refractivity contribution in [1.82, 2.24) is 10.2 Å². The Morgan fingerprint density at radius 2 is 2.00 bits per heavy atom. The summed E-state index contributed by atoms with van der Waals surface area (Å²) in [6.45, 7) is 5.58. The van der Waals surface area contributed by atoms with Crippen LogP contribution in [-0.2, 0) is 16.0 Å². The second-order valence-electron chi connectivity index (χ2n) is 7.28. The molecule has 0 spiro atoms. The second kappa shape index (κ2) is 9.56. The minimum atomic E-state index is -0.354. The van der Waals surface area contributed by atoms with Gasteiger partial charge in [0.15, 0.2) is 0 Å². The maximum absolute atomic E-state index is 12.5. The fraction of sp³-hybridized carbons (Fsp3) is 0.600. The van der Waals surface area contributed by atoms with E-state index in [-0.39, 0.29) is 29.8 Å². The van der Waals surface area contributed by atoms with Gasteiger partial charge < -0.3 is 15.3 Å². The number of nitrogens with one attached hydrogen (secondary N) is 1. The summed E-state index contributed by atoms with van der Waals surface area (Å²) in [5, 5.41) is 12.4. The molecule has 0 bridgehead atoms. The average molecular weight is 346 g/mol. The van der Waals surface area contributed by atoms with Crippen molar-refractivity contribution in [3.63, 3.8) is 0 Å². The molecule has 0 aliphatic carbocycles. The van der Waals surface area contributed by atoms with Gasteiger partial charge in [0.1, 0.15) is 0 Å². The van der Waals surface area contributed by atoms with Crippen molar-refractivity contribution in [3.8, 4) is 0 Å². The number of amides is 2. The molecule has 5 heteroatoms. The van der Waals surface area contributed by atoms with Gasteiger partial charge in [0, 0.05) is 19.6 Å². The molecule has 138 valence electrons. The number of piperidine rings is 1. The first-order valence-corrected chi connectivity index (χ1v) is 9.23. The molecule has 3 atom stereocenters. The van der Waals surface area contributed by atoms with Gasteiger partial charge in [-0.2, -0.15) is 0 Å². The van der Waals surface area contributed by atoms with Gasteiger partial charge in [0.25, 0.3) is 0 Å². The predicted molar refractivity (Wildman–Crippen MR) is 97.9 cm³/mol. The predicted octanol–water partition coefficient (Wildman–Crippen LogP) is 1.99. The Kier molecular flexibility index (Phi) is 7.44. The van der Waals surface area contributed by atoms with Crippen LogP contribution in [-0.4, -0.2) is 47.6 Å². The highest BCUT2D eigenvalue weighted by Crippen LogP contribution is 2.18. The summed E-state index contributed by atoms with van der Waals surface area (Å²) in [6, 6.07) is 9.71. The second-order valence-corrected chi connectivity index (χ2v) is 7.28. The maximum Gasteiger partial charge on any atom is 0.227 e. The van der Waals surface area contributed by atoms with Crippen LogP contribution < -0.4 is 5.32 Å². The molecule has 5 nitrogen and oxygen atoms in total. The Morgan fingerprint density at radius 3 is 2.68 bits per heavy atom. The van der Waals surface area contributed by atoms with Crippen LogP contribution in [0.15, 0.2) is 30.3 Å². The Labute approximate surface area is 150 Å². The molecule has 1 aliphatic heterocycles. The standard InChI is InChI=1S/C20H30N2O3/c1-15(11-16(2)23)13-21-20(25)18-9-6-10-22(14-18)19(24)12-17-7-4-3-5-8-17/h3-5,7-8,15-16,18,23H,6,9-14H2,1-2H3,(H,21,25). The normalized spacial score (nSPS) is 20.0. The minimum Gasteiger partial charge on any atom is -0.393 e. The number of carbonyl (C=O) groups is 2. The molecule has 3 unspecified atom stereocenters. The van der Waals surface area contributed by atoms with E-state index in [9.17, 15) is 14.7 Å². The Hall–Kier alpha value is -1.88. The van der Waals surface area contributed by atoms with Gasteiger partial charge in [0.2, 0.25) is 11.8 Å². The van der Waals surface area contributed by atoms with Gasteiger partial charge in [-0.15, -0.1) is 0 Å². The first-order chi connectivity index (χ1) is 12.0. The lowest BCUT2D eigenvalue weighted by Crippen LogP contribution is -2.46. The van der Waals surface area contributed by atoms with Crippen molar-refractivity contribution in [2.24, 2.45) is 11.8 Å². The summed E-state index contributed by atoms with van der Waals surface area (Å²) in [6.07, 6.45) is 2.40. The zero-order valence-electron chi connectivity index (χ0n) is 15.3. The molecule has 2 rings (SSSR count). The topological polar surface area (TPSA) is 69.6 Å². The van der Waals surface area contributed by atoms with Gasteiger partial charge in [-0.25, -0.2) is 0 Å². The van der Waals surface area contributed by atoms with E-state index in [2.05, 4.69) is 5.32 Å². The van der Waals surface area contributed by atoms with Crippen molar-refractivity contribution < 1.29 is 14.7 Å². The number of hydrogen-bond acceptors (Lipinski definition) is 3. The molecular formula is C20H30N2O3. The Balaban J connectivity index is 1.81. The number of rotatable bonds is 7. The first-order valence-electron chi connectivity index (χ1n) is 9.23. The van der Waals surface area contributed by atoms with Crippen molar-refractivity contribution in [2.45, 2.75) is 45.6 Å². The SMILES string of the molecule is CC(O)CC(C)CNC(=O)C1CCCN(C(=O)Cc2ccccc2)C1. The largest absolute Gasteiger partial charge is 0.393 e. The van der Waals surface area contributed by atoms with Crippen molar-refractivity contribution in [1.29, 1.82) is 0 Å². The third kappa shape index (κ3) is 6.50. The number of carbonyl (C=O) groups excluding carboxylic acids is 2. The third-order valence-corrected chi connectivity index (χ3v) is 4.71. The lowest BCUT2D eigenvalue weighted by Gasteiger charge is -2.32. The lowest BCUT2D eigenvalue weighted by atomic mass is 9.96. The van der Waals surface area contributed by atoms with Gasteiger partial charge in [-0.1, -0.05) is 37.3 Å². The van der Waals surface area contributed by atoms with Crippen LogP contribution in [0.4, 0.5) is 0 Å². The van der Waals surface area contributed by atoms with Crippen LogP contribution in [0.1, 0.15) is 38.7 Å². The highest BCUT2D eigenvalue weighted by molar-refractivity contribution is 5.82. The molecule has 2 N–H and O–H groups in total. The zero-order valence-corrected chi connectivity index (χ0v) is 15.3. The molecule has 1 aromatic rings. The summed E-state index contributed by atoms with van der Waals surface area (Å²) in [5.41, 5.74) is 1.01. The quantitative estimate of drug-likeness (QED) is 0.793. The van der Waals surface area contributed by atoms with Gasteiger partial charge in [0.05, 0.1) is 18.4 Å². The van der Waals surface area contributed by atoms with E-state index in [1.807, 2.05) is 42.2 Å². The monoisotopic (exact) mass is 346 g/mol. The van der Waals surface area contributed by atoms with Crippen LogP contribution in [0.2, 0.25) is 0 Å².